The van der Waals surface area contributed by atoms with Gasteiger partial charge in [-0.2, -0.15) is 0 Å². The molecule has 2 aliphatic rings. The van der Waals surface area contributed by atoms with Crippen molar-refractivity contribution in [3.8, 4) is 0 Å². The molecule has 0 unspecified atom stereocenters. The van der Waals surface area contributed by atoms with Crippen LogP contribution in [0.3, 0.4) is 0 Å². The second kappa shape index (κ2) is 9.80. The molecule has 0 radical (unpaired) electrons. The largest absolute Gasteiger partial charge is 0.379 e. The van der Waals surface area contributed by atoms with E-state index in [0.717, 1.165) is 81.8 Å². The van der Waals surface area contributed by atoms with Gasteiger partial charge >= 0.3 is 0 Å². The van der Waals surface area contributed by atoms with Crippen LogP contribution in [0.5, 0.6) is 0 Å². The molecule has 3 aromatic rings. The predicted molar refractivity (Wildman–Crippen MR) is 127 cm³/mol. The zero-order valence-corrected chi connectivity index (χ0v) is 18.6. The summed E-state index contributed by atoms with van der Waals surface area (Å²) in [5.41, 5.74) is 4.42. The van der Waals surface area contributed by atoms with Gasteiger partial charge in [-0.25, -0.2) is 0 Å². The van der Waals surface area contributed by atoms with Crippen LogP contribution >= 0.6 is 0 Å². The molecule has 166 valence electrons. The highest BCUT2D eigenvalue weighted by molar-refractivity contribution is 5.95. The number of nitrogens with zero attached hydrogens (tertiary/aromatic N) is 3. The summed E-state index contributed by atoms with van der Waals surface area (Å²) in [5, 5.41) is 1.20. The van der Waals surface area contributed by atoms with Crippen molar-refractivity contribution in [1.82, 2.24) is 14.8 Å². The molecule has 0 spiro atoms. The zero-order valence-electron chi connectivity index (χ0n) is 18.6. The highest BCUT2D eigenvalue weighted by atomic mass is 16.5. The second-order valence-corrected chi connectivity index (χ2v) is 8.98. The van der Waals surface area contributed by atoms with Gasteiger partial charge in [0.25, 0.3) is 5.91 Å². The Morgan fingerprint density at radius 1 is 0.906 bits per heavy atom. The third-order valence-electron chi connectivity index (χ3n) is 6.87. The maximum Gasteiger partial charge on any atom is 0.254 e. The second-order valence-electron chi connectivity index (χ2n) is 8.98. The maximum atomic E-state index is 13.4. The molecular formula is C27H31N3O2. The van der Waals surface area contributed by atoms with Crippen molar-refractivity contribution in [2.75, 3.05) is 39.4 Å². The quantitative estimate of drug-likeness (QED) is 0.611. The number of amides is 1. The van der Waals surface area contributed by atoms with E-state index in [4.69, 9.17) is 4.74 Å². The first-order valence-corrected chi connectivity index (χ1v) is 11.8. The Kier molecular flexibility index (Phi) is 6.46. The Labute approximate surface area is 190 Å². The summed E-state index contributed by atoms with van der Waals surface area (Å²) < 4.78 is 5.47. The van der Waals surface area contributed by atoms with Gasteiger partial charge in [0.15, 0.2) is 0 Å². The van der Waals surface area contributed by atoms with Gasteiger partial charge in [0.1, 0.15) is 0 Å². The van der Waals surface area contributed by atoms with Gasteiger partial charge in [-0.1, -0.05) is 42.5 Å². The van der Waals surface area contributed by atoms with Crippen molar-refractivity contribution >= 4 is 16.8 Å². The van der Waals surface area contributed by atoms with E-state index in [0.29, 0.717) is 5.92 Å². The number of aromatic nitrogens is 1. The molecule has 5 heteroatoms. The van der Waals surface area contributed by atoms with Gasteiger partial charge in [-0.3, -0.25) is 14.7 Å². The molecule has 2 fully saturated rings. The van der Waals surface area contributed by atoms with Crippen LogP contribution in [0.4, 0.5) is 0 Å². The van der Waals surface area contributed by atoms with Crippen molar-refractivity contribution in [3.63, 3.8) is 0 Å². The number of rotatable bonds is 5. The number of ether oxygens (including phenoxy) is 1. The smallest absolute Gasteiger partial charge is 0.254 e. The lowest BCUT2D eigenvalue weighted by molar-refractivity contribution is 0.0339. The van der Waals surface area contributed by atoms with Crippen LogP contribution in [0.25, 0.3) is 10.9 Å². The first-order valence-electron chi connectivity index (χ1n) is 11.8. The number of hydrogen-bond donors (Lipinski definition) is 0. The SMILES string of the molecule is O=C(c1ccccc1CN1CCOCC1)N1CCC(Cc2cccc3cccnc23)CC1. The van der Waals surface area contributed by atoms with E-state index in [9.17, 15) is 4.79 Å². The lowest BCUT2D eigenvalue weighted by Crippen LogP contribution is -2.40. The van der Waals surface area contributed by atoms with Gasteiger partial charge in [0.05, 0.1) is 18.7 Å². The van der Waals surface area contributed by atoms with Crippen molar-refractivity contribution in [3.05, 3.63) is 77.5 Å². The summed E-state index contributed by atoms with van der Waals surface area (Å²) >= 11 is 0. The minimum absolute atomic E-state index is 0.180. The Bertz CT molecular complexity index is 1060. The molecule has 2 saturated heterocycles. The summed E-state index contributed by atoms with van der Waals surface area (Å²) in [6.07, 6.45) is 4.99. The van der Waals surface area contributed by atoms with E-state index in [2.05, 4.69) is 45.1 Å². The third kappa shape index (κ3) is 4.69. The standard InChI is InChI=1S/C27H31N3O2/c31-27(25-9-2-1-5-24(25)20-29-15-17-32-18-16-29)30-13-10-21(11-14-30)19-23-7-3-6-22-8-4-12-28-26(22)23/h1-9,12,21H,10-11,13-20H2. The van der Waals surface area contributed by atoms with Crippen LogP contribution in [-0.2, 0) is 17.7 Å². The monoisotopic (exact) mass is 429 g/mol. The highest BCUT2D eigenvalue weighted by Crippen LogP contribution is 2.26. The van der Waals surface area contributed by atoms with Gasteiger partial charge in [-0.05, 0) is 48.4 Å². The number of piperidine rings is 1. The molecule has 0 atom stereocenters. The number of likely N-dealkylation sites (tertiary alicyclic amines) is 1. The molecule has 5 nitrogen and oxygen atoms in total. The number of fused-ring (bicyclic) bond motifs is 1. The van der Waals surface area contributed by atoms with Gasteiger partial charge in [-0.15, -0.1) is 0 Å². The van der Waals surface area contributed by atoms with Crippen molar-refractivity contribution < 1.29 is 9.53 Å². The number of pyridine rings is 1. The van der Waals surface area contributed by atoms with E-state index in [1.165, 1.54) is 10.9 Å². The fourth-order valence-corrected chi connectivity index (χ4v) is 5.02. The Hall–Kier alpha value is -2.76. The molecule has 32 heavy (non-hydrogen) atoms. The summed E-state index contributed by atoms with van der Waals surface area (Å²) in [6.45, 7) is 5.87. The fourth-order valence-electron chi connectivity index (χ4n) is 5.02. The summed E-state index contributed by atoms with van der Waals surface area (Å²) in [5.74, 6) is 0.773. The van der Waals surface area contributed by atoms with E-state index < -0.39 is 0 Å². The van der Waals surface area contributed by atoms with E-state index >= 15 is 0 Å². The molecule has 2 aliphatic heterocycles. The van der Waals surface area contributed by atoms with Gasteiger partial charge in [0.2, 0.25) is 0 Å². The van der Waals surface area contributed by atoms with Crippen molar-refractivity contribution in [1.29, 1.82) is 0 Å². The number of hydrogen-bond acceptors (Lipinski definition) is 4. The minimum Gasteiger partial charge on any atom is -0.379 e. The van der Waals surface area contributed by atoms with Gasteiger partial charge < -0.3 is 9.64 Å². The molecule has 0 saturated carbocycles. The fraction of sp³-hybridized carbons (Fsp3) is 0.407. The first kappa shape index (κ1) is 21.1. The molecular weight excluding hydrogens is 398 g/mol. The average molecular weight is 430 g/mol. The lowest BCUT2D eigenvalue weighted by atomic mass is 9.89. The number of benzene rings is 2. The number of carbonyl (C=O) groups excluding carboxylic acids is 1. The molecule has 1 amide bonds. The summed E-state index contributed by atoms with van der Waals surface area (Å²) in [6, 6.07) is 18.7. The Morgan fingerprint density at radius 2 is 1.66 bits per heavy atom. The summed E-state index contributed by atoms with van der Waals surface area (Å²) in [7, 11) is 0. The van der Waals surface area contributed by atoms with Crippen LogP contribution in [0, 0.1) is 5.92 Å². The minimum atomic E-state index is 0.180. The van der Waals surface area contributed by atoms with E-state index in [-0.39, 0.29) is 5.91 Å². The average Bonchev–Trinajstić information content (AvgIpc) is 2.85. The van der Waals surface area contributed by atoms with Crippen LogP contribution in [0.1, 0.15) is 34.3 Å². The molecule has 1 aromatic heterocycles. The molecule has 5 rings (SSSR count). The number of morpholine rings is 1. The topological polar surface area (TPSA) is 45.7 Å². The molecule has 3 heterocycles. The number of para-hydroxylation sites is 1. The third-order valence-corrected chi connectivity index (χ3v) is 6.87. The van der Waals surface area contributed by atoms with Crippen LogP contribution in [-0.4, -0.2) is 60.1 Å². The Morgan fingerprint density at radius 3 is 2.50 bits per heavy atom. The zero-order chi connectivity index (χ0) is 21.8. The Balaban J connectivity index is 1.22. The van der Waals surface area contributed by atoms with Crippen molar-refractivity contribution in [2.45, 2.75) is 25.8 Å². The summed E-state index contributed by atoms with van der Waals surface area (Å²) in [4.78, 5) is 22.4. The maximum absolute atomic E-state index is 13.4. The van der Waals surface area contributed by atoms with Crippen molar-refractivity contribution in [2.24, 2.45) is 5.92 Å². The molecule has 0 N–H and O–H groups in total. The van der Waals surface area contributed by atoms with E-state index in [1.54, 1.807) is 0 Å². The molecule has 2 aromatic carbocycles. The first-order chi connectivity index (χ1) is 15.8. The predicted octanol–water partition coefficient (Wildman–Crippen LogP) is 4.16. The highest BCUT2D eigenvalue weighted by Gasteiger charge is 2.26. The molecule has 0 bridgehead atoms. The van der Waals surface area contributed by atoms with Crippen LogP contribution in [0.15, 0.2) is 60.8 Å². The van der Waals surface area contributed by atoms with E-state index in [1.807, 2.05) is 30.5 Å². The van der Waals surface area contributed by atoms with Gasteiger partial charge in [0, 0.05) is 49.9 Å². The van der Waals surface area contributed by atoms with Crippen LogP contribution < -0.4 is 0 Å². The lowest BCUT2D eigenvalue weighted by Gasteiger charge is -2.33. The normalized spacial score (nSPS) is 18.2. The van der Waals surface area contributed by atoms with Crippen LogP contribution in [0.2, 0.25) is 0 Å². The number of carbonyl (C=O) groups is 1. The molecule has 0 aliphatic carbocycles.